The quantitative estimate of drug-likeness (QED) is 0.884. The van der Waals surface area contributed by atoms with Crippen LogP contribution in [-0.2, 0) is 16.8 Å². The largest absolute Gasteiger partial charge is 0.370 e. The lowest BCUT2D eigenvalue weighted by Crippen LogP contribution is -2.37. The molecule has 1 aliphatic carbocycles. The van der Waals surface area contributed by atoms with E-state index >= 15 is 0 Å². The van der Waals surface area contributed by atoms with Gasteiger partial charge in [-0.15, -0.1) is 0 Å². The Hall–Kier alpha value is -1.72. The molecule has 0 saturated heterocycles. The van der Waals surface area contributed by atoms with Gasteiger partial charge < -0.3 is 15.0 Å². The van der Waals surface area contributed by atoms with Crippen LogP contribution in [0.15, 0.2) is 34.9 Å². The van der Waals surface area contributed by atoms with Crippen LogP contribution in [0, 0.1) is 0 Å². The van der Waals surface area contributed by atoms with Gasteiger partial charge in [0.2, 0.25) is 11.7 Å². The zero-order chi connectivity index (χ0) is 14.7. The summed E-state index contributed by atoms with van der Waals surface area (Å²) >= 11 is 0. The third-order valence-electron chi connectivity index (χ3n) is 4.31. The third kappa shape index (κ3) is 2.84. The number of hydrogen-bond acceptors (Lipinski definition) is 5. The molecule has 1 saturated carbocycles. The van der Waals surface area contributed by atoms with Crippen LogP contribution >= 0.6 is 0 Å². The van der Waals surface area contributed by atoms with Crippen molar-refractivity contribution >= 4 is 0 Å². The van der Waals surface area contributed by atoms with Crippen LogP contribution in [0.25, 0.3) is 0 Å². The van der Waals surface area contributed by atoms with E-state index in [2.05, 4.69) is 22.3 Å². The summed E-state index contributed by atoms with van der Waals surface area (Å²) in [4.78, 5) is 4.46. The summed E-state index contributed by atoms with van der Waals surface area (Å²) in [5, 5.41) is 4.07. The molecule has 112 valence electrons. The summed E-state index contributed by atoms with van der Waals surface area (Å²) in [7, 11) is 1.70. The molecule has 1 aromatic heterocycles. The van der Waals surface area contributed by atoms with Gasteiger partial charge in [0.25, 0.3) is 0 Å². The van der Waals surface area contributed by atoms with Crippen molar-refractivity contribution in [2.75, 3.05) is 7.11 Å². The van der Waals surface area contributed by atoms with Crippen molar-refractivity contribution in [3.8, 4) is 0 Å². The first-order chi connectivity index (χ1) is 10.2. The van der Waals surface area contributed by atoms with Gasteiger partial charge in [0.15, 0.2) is 0 Å². The molecule has 1 fully saturated rings. The fourth-order valence-electron chi connectivity index (χ4n) is 2.68. The van der Waals surface area contributed by atoms with Gasteiger partial charge in [-0.3, -0.25) is 0 Å². The van der Waals surface area contributed by atoms with Gasteiger partial charge in [-0.2, -0.15) is 4.98 Å². The maximum Gasteiger partial charge on any atom is 0.243 e. The van der Waals surface area contributed by atoms with E-state index in [0.29, 0.717) is 11.7 Å². The molecule has 1 aliphatic rings. The average Bonchev–Trinajstić information content (AvgIpc) is 2.95. The van der Waals surface area contributed by atoms with E-state index in [0.717, 1.165) is 32.1 Å². The Bertz CT molecular complexity index is 573. The highest BCUT2D eigenvalue weighted by Crippen LogP contribution is 2.42. The number of methoxy groups -OCH3 is 1. The van der Waals surface area contributed by atoms with Crippen molar-refractivity contribution in [3.63, 3.8) is 0 Å². The SMILES string of the molecule is COC1(c2noc(C(N)CCc3ccccc3)n2)CCC1. The van der Waals surface area contributed by atoms with Gasteiger partial charge in [0.05, 0.1) is 6.04 Å². The van der Waals surface area contributed by atoms with Gasteiger partial charge in [0, 0.05) is 7.11 Å². The molecule has 2 aromatic rings. The van der Waals surface area contributed by atoms with Crippen molar-refractivity contribution < 1.29 is 9.26 Å². The Balaban J connectivity index is 1.63. The highest BCUT2D eigenvalue weighted by atomic mass is 16.5. The fourth-order valence-corrected chi connectivity index (χ4v) is 2.68. The minimum Gasteiger partial charge on any atom is -0.370 e. The third-order valence-corrected chi connectivity index (χ3v) is 4.31. The molecule has 0 bridgehead atoms. The number of aryl methyl sites for hydroxylation is 1. The summed E-state index contributed by atoms with van der Waals surface area (Å²) in [6.45, 7) is 0. The predicted octanol–water partition coefficient (Wildman–Crippen LogP) is 2.73. The Kier molecular flexibility index (Phi) is 4.03. The maximum absolute atomic E-state index is 6.16. The number of nitrogens with zero attached hydrogens (tertiary/aromatic N) is 2. The lowest BCUT2D eigenvalue weighted by atomic mass is 9.79. The van der Waals surface area contributed by atoms with E-state index in [4.69, 9.17) is 15.0 Å². The van der Waals surface area contributed by atoms with Crippen molar-refractivity contribution in [1.29, 1.82) is 0 Å². The second-order valence-electron chi connectivity index (χ2n) is 5.64. The van der Waals surface area contributed by atoms with Crippen LogP contribution < -0.4 is 5.73 Å². The van der Waals surface area contributed by atoms with Crippen molar-refractivity contribution in [1.82, 2.24) is 10.1 Å². The number of aromatic nitrogens is 2. The zero-order valence-corrected chi connectivity index (χ0v) is 12.3. The molecule has 21 heavy (non-hydrogen) atoms. The molecule has 0 radical (unpaired) electrons. The van der Waals surface area contributed by atoms with Crippen LogP contribution in [0.2, 0.25) is 0 Å². The Morgan fingerprint density at radius 2 is 2.10 bits per heavy atom. The van der Waals surface area contributed by atoms with Crippen LogP contribution in [-0.4, -0.2) is 17.3 Å². The maximum atomic E-state index is 6.16. The molecule has 3 rings (SSSR count). The second kappa shape index (κ2) is 5.95. The Labute approximate surface area is 124 Å². The molecule has 5 nitrogen and oxygen atoms in total. The average molecular weight is 287 g/mol. The van der Waals surface area contributed by atoms with Gasteiger partial charge >= 0.3 is 0 Å². The van der Waals surface area contributed by atoms with E-state index in [1.165, 1.54) is 5.56 Å². The topological polar surface area (TPSA) is 74.2 Å². The van der Waals surface area contributed by atoms with Crippen molar-refractivity contribution in [2.45, 2.75) is 43.7 Å². The Morgan fingerprint density at radius 3 is 2.71 bits per heavy atom. The molecule has 0 aliphatic heterocycles. The zero-order valence-electron chi connectivity index (χ0n) is 12.3. The first-order valence-electron chi connectivity index (χ1n) is 7.42. The normalized spacial score (nSPS) is 18.2. The van der Waals surface area contributed by atoms with Crippen LogP contribution in [0.5, 0.6) is 0 Å². The molecular weight excluding hydrogens is 266 g/mol. The summed E-state index contributed by atoms with van der Waals surface area (Å²) in [6.07, 6.45) is 4.71. The second-order valence-corrected chi connectivity index (χ2v) is 5.64. The monoisotopic (exact) mass is 287 g/mol. The van der Waals surface area contributed by atoms with E-state index < -0.39 is 0 Å². The highest BCUT2D eigenvalue weighted by Gasteiger charge is 2.43. The summed E-state index contributed by atoms with van der Waals surface area (Å²) < 4.78 is 10.9. The Morgan fingerprint density at radius 1 is 1.33 bits per heavy atom. The van der Waals surface area contributed by atoms with Crippen molar-refractivity contribution in [3.05, 3.63) is 47.6 Å². The minimum atomic E-state index is -0.346. The van der Waals surface area contributed by atoms with Crippen LogP contribution in [0.1, 0.15) is 49.0 Å². The first-order valence-corrected chi connectivity index (χ1v) is 7.42. The molecule has 5 heteroatoms. The lowest BCUT2D eigenvalue weighted by Gasteiger charge is -2.37. The van der Waals surface area contributed by atoms with E-state index in [1.807, 2.05) is 18.2 Å². The summed E-state index contributed by atoms with van der Waals surface area (Å²) in [5.74, 6) is 1.14. The van der Waals surface area contributed by atoms with E-state index in [-0.39, 0.29) is 11.6 Å². The molecule has 0 amide bonds. The molecule has 1 atom stereocenters. The number of ether oxygens (including phenoxy) is 1. The predicted molar refractivity (Wildman–Crippen MR) is 78.5 cm³/mol. The van der Waals surface area contributed by atoms with Crippen LogP contribution in [0.3, 0.4) is 0 Å². The first kappa shape index (κ1) is 14.2. The van der Waals surface area contributed by atoms with E-state index in [1.54, 1.807) is 7.11 Å². The van der Waals surface area contributed by atoms with E-state index in [9.17, 15) is 0 Å². The van der Waals surface area contributed by atoms with Gasteiger partial charge in [-0.05, 0) is 37.7 Å². The van der Waals surface area contributed by atoms with Crippen molar-refractivity contribution in [2.24, 2.45) is 5.73 Å². The highest BCUT2D eigenvalue weighted by molar-refractivity contribution is 5.15. The molecule has 0 spiro atoms. The number of hydrogen-bond donors (Lipinski definition) is 1. The molecule has 1 aromatic carbocycles. The number of nitrogens with two attached hydrogens (primary N) is 1. The standard InChI is InChI=1S/C16H21N3O2/c1-20-16(10-5-11-16)15-18-14(21-19-15)13(17)9-8-12-6-3-2-4-7-12/h2-4,6-7,13H,5,8-11,17H2,1H3. The van der Waals surface area contributed by atoms with Gasteiger partial charge in [-0.25, -0.2) is 0 Å². The lowest BCUT2D eigenvalue weighted by molar-refractivity contribution is -0.0858. The summed E-state index contributed by atoms with van der Waals surface area (Å²) in [6, 6.07) is 10.0. The molecule has 1 unspecified atom stereocenters. The molecule has 1 heterocycles. The van der Waals surface area contributed by atoms with Gasteiger partial charge in [-0.1, -0.05) is 35.5 Å². The van der Waals surface area contributed by atoms with Crippen LogP contribution in [0.4, 0.5) is 0 Å². The number of benzene rings is 1. The van der Waals surface area contributed by atoms with Gasteiger partial charge in [0.1, 0.15) is 5.60 Å². The fraction of sp³-hybridized carbons (Fsp3) is 0.500. The molecular formula is C16H21N3O2. The molecule has 2 N–H and O–H groups in total. The minimum absolute atomic E-state index is 0.236. The number of rotatable bonds is 6. The summed E-state index contributed by atoms with van der Waals surface area (Å²) in [5.41, 5.74) is 7.08. The smallest absolute Gasteiger partial charge is 0.243 e.